The molecule has 2 rings (SSSR count). The Morgan fingerprint density at radius 2 is 2.00 bits per heavy atom. The fraction of sp³-hybridized carbons (Fsp3) is 0.625. The predicted molar refractivity (Wildman–Crippen MR) is 65.8 cm³/mol. The summed E-state index contributed by atoms with van der Waals surface area (Å²) >= 11 is 7.23. The first-order chi connectivity index (χ1) is 7.47. The average molecular weight is 282 g/mol. The summed E-state index contributed by atoms with van der Waals surface area (Å²) in [6.45, 7) is 2.35. The molecule has 1 fully saturated rings. The van der Waals surface area contributed by atoms with E-state index in [0.29, 0.717) is 31.3 Å². The van der Waals surface area contributed by atoms with Gasteiger partial charge in [-0.3, -0.25) is 0 Å². The third kappa shape index (κ3) is 2.65. The molecule has 0 aliphatic carbocycles. The molecule has 16 heavy (non-hydrogen) atoms. The van der Waals surface area contributed by atoms with Crippen molar-refractivity contribution < 1.29 is 8.42 Å². The normalized spacial score (nSPS) is 19.0. The summed E-state index contributed by atoms with van der Waals surface area (Å²) in [6.07, 6.45) is 1.24. The Labute approximate surface area is 104 Å². The Hall–Kier alpha value is -0.370. The van der Waals surface area contributed by atoms with E-state index in [-0.39, 0.29) is 0 Å². The molecule has 1 saturated heterocycles. The molecule has 1 aliphatic rings. The highest BCUT2D eigenvalue weighted by Gasteiger charge is 2.24. The predicted octanol–water partition coefficient (Wildman–Crippen LogP) is 0.878. The second-order valence-corrected chi connectivity index (χ2v) is 6.81. The van der Waals surface area contributed by atoms with Crippen molar-refractivity contribution in [3.8, 4) is 0 Å². The Morgan fingerprint density at radius 1 is 1.38 bits per heavy atom. The van der Waals surface area contributed by atoms with Crippen LogP contribution in [0.15, 0.2) is 5.38 Å². The van der Waals surface area contributed by atoms with E-state index in [4.69, 9.17) is 11.6 Å². The maximum Gasteiger partial charge on any atom is 0.211 e. The second-order valence-electron chi connectivity index (χ2n) is 3.60. The highest BCUT2D eigenvalue weighted by molar-refractivity contribution is 7.88. The molecular weight excluding hydrogens is 270 g/mol. The number of piperazine rings is 1. The largest absolute Gasteiger partial charge is 0.345 e. The zero-order chi connectivity index (χ0) is 11.8. The minimum absolute atomic E-state index is 0.491. The van der Waals surface area contributed by atoms with E-state index < -0.39 is 10.0 Å². The molecule has 1 aliphatic heterocycles. The SMILES string of the molecule is CS(=O)(=O)N1CCN(c2nc(Cl)cs2)CC1. The highest BCUT2D eigenvalue weighted by Crippen LogP contribution is 2.24. The van der Waals surface area contributed by atoms with Crippen LogP contribution >= 0.6 is 22.9 Å². The van der Waals surface area contributed by atoms with Gasteiger partial charge in [-0.05, 0) is 0 Å². The van der Waals surface area contributed by atoms with Gasteiger partial charge in [0.15, 0.2) is 5.13 Å². The second kappa shape index (κ2) is 4.48. The van der Waals surface area contributed by atoms with Crippen LogP contribution in [0.3, 0.4) is 0 Å². The topological polar surface area (TPSA) is 53.5 Å². The molecule has 0 radical (unpaired) electrons. The first-order valence-corrected chi connectivity index (χ1v) is 7.88. The van der Waals surface area contributed by atoms with Crippen LogP contribution in [0.25, 0.3) is 0 Å². The maximum atomic E-state index is 11.3. The Morgan fingerprint density at radius 3 is 2.44 bits per heavy atom. The van der Waals surface area contributed by atoms with E-state index in [1.54, 1.807) is 5.38 Å². The standard InChI is InChI=1S/C8H12ClN3O2S2/c1-16(13,14)12-4-2-11(3-5-12)8-10-7(9)6-15-8/h6H,2-5H2,1H3. The lowest BCUT2D eigenvalue weighted by Crippen LogP contribution is -2.48. The van der Waals surface area contributed by atoms with Crippen molar-refractivity contribution in [1.29, 1.82) is 0 Å². The Kier molecular flexibility index (Phi) is 3.39. The highest BCUT2D eigenvalue weighted by atomic mass is 35.5. The maximum absolute atomic E-state index is 11.3. The van der Waals surface area contributed by atoms with E-state index >= 15 is 0 Å². The molecule has 0 spiro atoms. The zero-order valence-corrected chi connectivity index (χ0v) is 11.1. The van der Waals surface area contributed by atoms with Crippen LogP contribution in [-0.4, -0.2) is 50.1 Å². The van der Waals surface area contributed by atoms with Gasteiger partial charge in [-0.2, -0.15) is 4.31 Å². The van der Waals surface area contributed by atoms with Crippen molar-refractivity contribution in [2.24, 2.45) is 0 Å². The van der Waals surface area contributed by atoms with Crippen LogP contribution in [0.2, 0.25) is 5.15 Å². The van der Waals surface area contributed by atoms with E-state index in [1.807, 2.05) is 0 Å². The number of sulfonamides is 1. The van der Waals surface area contributed by atoms with Crippen LogP contribution in [0, 0.1) is 0 Å². The Bertz CT molecular complexity index is 465. The van der Waals surface area contributed by atoms with Crippen LogP contribution in [-0.2, 0) is 10.0 Å². The fourth-order valence-corrected chi connectivity index (χ4v) is 3.43. The summed E-state index contributed by atoms with van der Waals surface area (Å²) in [5.41, 5.74) is 0. The smallest absolute Gasteiger partial charge is 0.211 e. The van der Waals surface area contributed by atoms with Gasteiger partial charge in [0.25, 0.3) is 0 Å². The molecule has 0 amide bonds. The van der Waals surface area contributed by atoms with Gasteiger partial charge in [0.05, 0.1) is 6.26 Å². The zero-order valence-electron chi connectivity index (χ0n) is 8.76. The van der Waals surface area contributed by atoms with Gasteiger partial charge in [-0.15, -0.1) is 11.3 Å². The lowest BCUT2D eigenvalue weighted by molar-refractivity contribution is 0.388. The average Bonchev–Trinajstić information content (AvgIpc) is 2.64. The minimum atomic E-state index is -3.06. The molecule has 1 aromatic heterocycles. The van der Waals surface area contributed by atoms with E-state index in [2.05, 4.69) is 9.88 Å². The molecule has 0 bridgehead atoms. The monoisotopic (exact) mass is 281 g/mol. The number of hydrogen-bond acceptors (Lipinski definition) is 5. The van der Waals surface area contributed by atoms with E-state index in [0.717, 1.165) is 5.13 Å². The van der Waals surface area contributed by atoms with Crippen LogP contribution < -0.4 is 4.90 Å². The van der Waals surface area contributed by atoms with Gasteiger partial charge in [0, 0.05) is 31.6 Å². The number of anilines is 1. The van der Waals surface area contributed by atoms with Crippen LogP contribution in [0.1, 0.15) is 0 Å². The summed E-state index contributed by atoms with van der Waals surface area (Å²) in [5, 5.41) is 3.13. The van der Waals surface area contributed by atoms with Crippen molar-refractivity contribution in [3.63, 3.8) is 0 Å². The number of thiazole rings is 1. The van der Waals surface area contributed by atoms with Gasteiger partial charge in [-0.1, -0.05) is 11.6 Å². The molecule has 90 valence electrons. The number of hydrogen-bond donors (Lipinski definition) is 0. The van der Waals surface area contributed by atoms with Gasteiger partial charge in [0.2, 0.25) is 10.0 Å². The summed E-state index contributed by atoms with van der Waals surface area (Å²) in [6, 6.07) is 0. The van der Waals surface area contributed by atoms with Gasteiger partial charge in [0.1, 0.15) is 5.15 Å². The summed E-state index contributed by atoms with van der Waals surface area (Å²) in [5.74, 6) is 0. The minimum Gasteiger partial charge on any atom is -0.345 e. The van der Waals surface area contributed by atoms with Gasteiger partial charge in [-0.25, -0.2) is 13.4 Å². The number of halogens is 1. The number of nitrogens with zero attached hydrogens (tertiary/aromatic N) is 3. The number of rotatable bonds is 2. The van der Waals surface area contributed by atoms with Crippen molar-refractivity contribution in [2.45, 2.75) is 0 Å². The van der Waals surface area contributed by atoms with Crippen LogP contribution in [0.5, 0.6) is 0 Å². The third-order valence-corrected chi connectivity index (χ3v) is 4.97. The molecule has 0 unspecified atom stereocenters. The fourth-order valence-electron chi connectivity index (χ4n) is 1.60. The molecule has 2 heterocycles. The third-order valence-electron chi connectivity index (χ3n) is 2.44. The molecule has 0 saturated carbocycles. The van der Waals surface area contributed by atoms with E-state index in [1.165, 1.54) is 21.9 Å². The lowest BCUT2D eigenvalue weighted by Gasteiger charge is -2.32. The molecule has 0 N–H and O–H groups in total. The summed E-state index contributed by atoms with van der Waals surface area (Å²) < 4.78 is 24.1. The quantitative estimate of drug-likeness (QED) is 0.807. The van der Waals surface area contributed by atoms with Gasteiger partial charge < -0.3 is 4.90 Å². The molecule has 1 aromatic rings. The molecule has 0 aromatic carbocycles. The summed E-state index contributed by atoms with van der Waals surface area (Å²) in [7, 11) is -3.06. The van der Waals surface area contributed by atoms with Gasteiger partial charge >= 0.3 is 0 Å². The van der Waals surface area contributed by atoms with Crippen molar-refractivity contribution >= 4 is 38.1 Å². The summed E-state index contributed by atoms with van der Waals surface area (Å²) in [4.78, 5) is 6.22. The van der Waals surface area contributed by atoms with Crippen molar-refractivity contribution in [3.05, 3.63) is 10.5 Å². The first kappa shape index (κ1) is 12.1. The van der Waals surface area contributed by atoms with Crippen molar-refractivity contribution in [1.82, 2.24) is 9.29 Å². The molecule has 8 heteroatoms. The van der Waals surface area contributed by atoms with E-state index in [9.17, 15) is 8.42 Å². The molecular formula is C8H12ClN3O2S2. The molecule has 0 atom stereocenters. The number of aromatic nitrogens is 1. The van der Waals surface area contributed by atoms with Crippen LogP contribution in [0.4, 0.5) is 5.13 Å². The lowest BCUT2D eigenvalue weighted by atomic mass is 10.4. The first-order valence-electron chi connectivity index (χ1n) is 4.78. The van der Waals surface area contributed by atoms with Crippen molar-refractivity contribution in [2.75, 3.05) is 37.3 Å². The Balaban J connectivity index is 2.00. The molecule has 5 nitrogen and oxygen atoms in total.